The molecule has 0 radical (unpaired) electrons. The van der Waals surface area contributed by atoms with E-state index >= 15 is 0 Å². The summed E-state index contributed by atoms with van der Waals surface area (Å²) in [6.07, 6.45) is -12.0. The maximum Gasteiger partial charge on any atom is 0.510 e. The van der Waals surface area contributed by atoms with Crippen LogP contribution in [0.2, 0.25) is 5.02 Å². The van der Waals surface area contributed by atoms with Gasteiger partial charge in [-0.1, -0.05) is 17.7 Å². The molecule has 286 valence electrons. The molecule has 1 aliphatic rings. The van der Waals surface area contributed by atoms with E-state index in [1.807, 2.05) is 6.07 Å². The molecule has 1 aromatic carbocycles. The van der Waals surface area contributed by atoms with Crippen LogP contribution in [0.4, 0.5) is 39.9 Å². The first-order valence-corrected chi connectivity index (χ1v) is 15.2. The molecule has 23 heteroatoms. The van der Waals surface area contributed by atoms with Gasteiger partial charge in [-0.3, -0.25) is 24.4 Å². The molecule has 0 atom stereocenters. The van der Waals surface area contributed by atoms with Crippen LogP contribution < -0.4 is 0 Å². The molecule has 2 aromatic heterocycles. The van der Waals surface area contributed by atoms with Gasteiger partial charge in [0.2, 0.25) is 0 Å². The minimum Gasteiger partial charge on any atom is -0.481 e. The highest BCUT2D eigenvalue weighted by Crippen LogP contribution is 2.49. The number of aromatic amines is 1. The largest absolute Gasteiger partial charge is 0.510 e. The molecular formula is C30H25ClF8N6O8. The summed E-state index contributed by atoms with van der Waals surface area (Å²) in [7, 11) is 0. The highest BCUT2D eigenvalue weighted by atomic mass is 35.5. The standard InChI is InChI=1S/C30H25ClF8N6O8/c1-26(2,24(48)49)10-19(46)51-7-8-52-25(50)53-14-44(27(13-40)5-6-27)23(47)17-9-15(3-4-18(17)31)16-11-41-45(12-16)22-20(29(34,35)36)21(42-43-22)28(32,33)30(37,38)39/h3-4,9,11-12H,5-8,10,14H2,1-2H3,(H,42,43)(H,48,49). The van der Waals surface area contributed by atoms with Crippen LogP contribution in [0.5, 0.6) is 0 Å². The van der Waals surface area contributed by atoms with Crippen molar-refractivity contribution in [2.75, 3.05) is 19.9 Å². The second-order valence-electron chi connectivity index (χ2n) is 12.1. The molecule has 2 heterocycles. The Morgan fingerprint density at radius 1 is 1.04 bits per heavy atom. The van der Waals surface area contributed by atoms with Crippen LogP contribution >= 0.6 is 11.6 Å². The predicted octanol–water partition coefficient (Wildman–Crippen LogP) is 6.24. The molecule has 2 N–H and O–H groups in total. The fraction of sp³-hybridized carbons (Fsp3) is 0.433. The summed E-state index contributed by atoms with van der Waals surface area (Å²) in [5.74, 6) is -10.5. The number of rotatable bonds is 13. The van der Waals surface area contributed by atoms with Crippen molar-refractivity contribution in [3.8, 4) is 23.0 Å². The Bertz CT molecular complexity index is 1950. The number of alkyl halides is 8. The number of halogens is 9. The van der Waals surface area contributed by atoms with E-state index in [1.54, 1.807) is 0 Å². The van der Waals surface area contributed by atoms with Crippen LogP contribution in [0, 0.1) is 16.7 Å². The molecule has 1 aliphatic carbocycles. The average Bonchev–Trinajstić information content (AvgIpc) is 3.44. The Kier molecular flexibility index (Phi) is 11.0. The third-order valence-corrected chi connectivity index (χ3v) is 8.10. The van der Waals surface area contributed by atoms with Crippen LogP contribution in [0.3, 0.4) is 0 Å². The maximum atomic E-state index is 14.0. The molecule has 14 nitrogen and oxygen atoms in total. The van der Waals surface area contributed by atoms with Gasteiger partial charge in [0.15, 0.2) is 12.5 Å². The molecule has 0 bridgehead atoms. The summed E-state index contributed by atoms with van der Waals surface area (Å²) in [5.41, 5.74) is -8.21. The smallest absolute Gasteiger partial charge is 0.481 e. The van der Waals surface area contributed by atoms with E-state index in [0.29, 0.717) is 4.68 Å². The zero-order valence-electron chi connectivity index (χ0n) is 27.1. The number of nitriles is 1. The Labute approximate surface area is 297 Å². The van der Waals surface area contributed by atoms with E-state index in [-0.39, 0.29) is 34.6 Å². The van der Waals surface area contributed by atoms with Gasteiger partial charge < -0.3 is 19.3 Å². The van der Waals surface area contributed by atoms with E-state index in [9.17, 15) is 59.6 Å². The molecule has 0 spiro atoms. The minimum absolute atomic E-state index is 0.0253. The number of carbonyl (C=O) groups excluding carboxylic acids is 3. The number of carboxylic acid groups (broad SMARTS) is 1. The molecule has 1 saturated carbocycles. The average molecular weight is 785 g/mol. The number of aliphatic carboxylic acids is 1. The summed E-state index contributed by atoms with van der Waals surface area (Å²) in [6, 6.07) is 5.50. The van der Waals surface area contributed by atoms with Crippen molar-refractivity contribution in [2.45, 2.75) is 56.9 Å². The summed E-state index contributed by atoms with van der Waals surface area (Å²) in [6.45, 7) is 0.770. The van der Waals surface area contributed by atoms with E-state index in [0.717, 1.165) is 28.5 Å². The number of nitrogens with zero attached hydrogens (tertiary/aromatic N) is 5. The van der Waals surface area contributed by atoms with Crippen molar-refractivity contribution in [3.05, 3.63) is 52.4 Å². The number of hydrogen-bond acceptors (Lipinski definition) is 10. The molecule has 1 amide bonds. The molecule has 1 fully saturated rings. The van der Waals surface area contributed by atoms with Crippen LogP contribution in [-0.4, -0.2) is 85.6 Å². The van der Waals surface area contributed by atoms with Gasteiger partial charge in [-0.2, -0.15) is 50.6 Å². The fourth-order valence-electron chi connectivity index (χ4n) is 4.60. The number of benzene rings is 1. The van der Waals surface area contributed by atoms with Gasteiger partial charge in [0, 0.05) is 11.8 Å². The summed E-state index contributed by atoms with van der Waals surface area (Å²) >= 11 is 6.26. The van der Waals surface area contributed by atoms with Crippen molar-refractivity contribution in [2.24, 2.45) is 5.41 Å². The lowest BCUT2D eigenvalue weighted by Crippen LogP contribution is -2.43. The van der Waals surface area contributed by atoms with Gasteiger partial charge in [-0.25, -0.2) is 9.48 Å². The van der Waals surface area contributed by atoms with Gasteiger partial charge in [-0.05, 0) is 44.4 Å². The molecule has 0 saturated heterocycles. The maximum absolute atomic E-state index is 14.0. The molecular weight excluding hydrogens is 760 g/mol. The summed E-state index contributed by atoms with van der Waals surface area (Å²) in [5, 5.41) is 26.4. The first kappa shape index (κ1) is 40.3. The highest BCUT2D eigenvalue weighted by molar-refractivity contribution is 6.34. The number of aromatic nitrogens is 4. The van der Waals surface area contributed by atoms with Crippen molar-refractivity contribution in [1.29, 1.82) is 5.26 Å². The third-order valence-electron chi connectivity index (χ3n) is 7.77. The minimum atomic E-state index is -6.40. The van der Waals surface area contributed by atoms with Crippen LogP contribution in [0.25, 0.3) is 16.9 Å². The van der Waals surface area contributed by atoms with Gasteiger partial charge in [0.05, 0.1) is 34.7 Å². The Morgan fingerprint density at radius 2 is 1.68 bits per heavy atom. The number of ether oxygens (including phenoxy) is 3. The Hall–Kier alpha value is -5.46. The number of esters is 1. The number of carbonyl (C=O) groups is 4. The molecule has 53 heavy (non-hydrogen) atoms. The third kappa shape index (κ3) is 8.61. The van der Waals surface area contributed by atoms with Crippen molar-refractivity contribution in [3.63, 3.8) is 0 Å². The van der Waals surface area contributed by atoms with Gasteiger partial charge in [0.25, 0.3) is 5.91 Å². The predicted molar refractivity (Wildman–Crippen MR) is 159 cm³/mol. The van der Waals surface area contributed by atoms with Crippen molar-refractivity contribution in [1.82, 2.24) is 24.9 Å². The first-order valence-electron chi connectivity index (χ1n) is 14.8. The zero-order valence-corrected chi connectivity index (χ0v) is 27.8. The normalized spacial score (nSPS) is 14.2. The Balaban J connectivity index is 1.51. The lowest BCUT2D eigenvalue weighted by molar-refractivity contribution is -0.292. The molecule has 0 unspecified atom stereocenters. The number of amides is 1. The van der Waals surface area contributed by atoms with E-state index < -0.39 is 96.7 Å². The van der Waals surface area contributed by atoms with Crippen molar-refractivity contribution >= 4 is 35.6 Å². The van der Waals surface area contributed by atoms with Gasteiger partial charge in [-0.15, -0.1) is 0 Å². The van der Waals surface area contributed by atoms with Crippen molar-refractivity contribution < 1.29 is 73.6 Å². The van der Waals surface area contributed by atoms with Gasteiger partial charge in [0.1, 0.15) is 30.0 Å². The number of nitrogens with one attached hydrogen (secondary N) is 1. The van der Waals surface area contributed by atoms with E-state index in [4.69, 9.17) is 30.9 Å². The zero-order chi connectivity index (χ0) is 39.7. The molecule has 4 rings (SSSR count). The second-order valence-corrected chi connectivity index (χ2v) is 12.5. The van der Waals surface area contributed by atoms with E-state index in [2.05, 4.69) is 10.2 Å². The number of H-pyrrole nitrogens is 1. The van der Waals surface area contributed by atoms with E-state index in [1.165, 1.54) is 26.0 Å². The van der Waals surface area contributed by atoms with Crippen LogP contribution in [0.1, 0.15) is 54.7 Å². The summed E-state index contributed by atoms with van der Waals surface area (Å²) < 4.78 is 123. The Morgan fingerprint density at radius 3 is 2.25 bits per heavy atom. The second kappa shape index (κ2) is 14.5. The SMILES string of the molecule is CC(C)(CC(=O)OCCOC(=O)OCN(C(=O)c1cc(-c2cnn(-c3n[nH]c(C(F)(F)C(F)(F)F)c3C(F)(F)F)c2)ccc1Cl)C1(C#N)CC1)C(=O)O. The summed E-state index contributed by atoms with van der Waals surface area (Å²) in [4.78, 5) is 49.8. The number of carboxylic acids is 1. The fourth-order valence-corrected chi connectivity index (χ4v) is 4.80. The molecule has 3 aromatic rings. The molecule has 0 aliphatic heterocycles. The quantitative estimate of drug-likeness (QED) is 0.0864. The van der Waals surface area contributed by atoms with Crippen LogP contribution in [0.15, 0.2) is 30.6 Å². The highest BCUT2D eigenvalue weighted by Gasteiger charge is 2.63. The number of hydrogen-bond donors (Lipinski definition) is 2. The first-order chi connectivity index (χ1) is 24.4. The lowest BCUT2D eigenvalue weighted by Gasteiger charge is -2.27. The van der Waals surface area contributed by atoms with Crippen LogP contribution in [-0.2, 0) is 35.9 Å². The lowest BCUT2D eigenvalue weighted by atomic mass is 9.90. The monoisotopic (exact) mass is 784 g/mol. The topological polar surface area (TPSA) is 190 Å². The van der Waals surface area contributed by atoms with Gasteiger partial charge >= 0.3 is 36.4 Å².